The molecule has 0 N–H and O–H groups in total. The number of carbonyl (C=O) groups excluding carboxylic acids is 1. The van der Waals surface area contributed by atoms with Crippen LogP contribution in [0.15, 0.2) is 23.1 Å². The van der Waals surface area contributed by atoms with E-state index in [1.54, 1.807) is 12.1 Å². The van der Waals surface area contributed by atoms with Crippen molar-refractivity contribution in [1.29, 1.82) is 0 Å². The van der Waals surface area contributed by atoms with Crippen molar-refractivity contribution in [1.82, 2.24) is 0 Å². The maximum atomic E-state index is 13.0. The van der Waals surface area contributed by atoms with Gasteiger partial charge < -0.3 is 4.79 Å². The Morgan fingerprint density at radius 1 is 1.46 bits per heavy atom. The minimum atomic E-state index is -0.288. The van der Waals surface area contributed by atoms with Crippen LogP contribution in [-0.4, -0.2) is 6.29 Å². The minimum Gasteiger partial charge on any atom is -0.303 e. The van der Waals surface area contributed by atoms with Gasteiger partial charge in [-0.3, -0.25) is 0 Å². The van der Waals surface area contributed by atoms with Gasteiger partial charge in [-0.2, -0.15) is 0 Å². The normalized spacial score (nSPS) is 9.08. The van der Waals surface area contributed by atoms with Crippen molar-refractivity contribution >= 4 is 18.9 Å². The van der Waals surface area contributed by atoms with E-state index < -0.39 is 0 Å². The van der Waals surface area contributed by atoms with Gasteiger partial charge in [0.25, 0.3) is 0 Å². The maximum absolute atomic E-state index is 13.0. The van der Waals surface area contributed by atoms with Crippen molar-refractivity contribution < 1.29 is 9.18 Å². The molecule has 0 radical (unpaired) electrons. The molecule has 0 aromatic heterocycles. The summed E-state index contributed by atoms with van der Waals surface area (Å²) in [7, 11) is 0. The Morgan fingerprint density at radius 3 is 2.69 bits per heavy atom. The lowest BCUT2D eigenvalue weighted by Gasteiger charge is -2.00. The number of halogens is 1. The lowest BCUT2D eigenvalue weighted by Crippen LogP contribution is -1.90. The zero-order valence-corrected chi connectivity index (χ0v) is 7.35. The summed E-state index contributed by atoms with van der Waals surface area (Å²) in [4.78, 5) is 10.6. The van der Waals surface area contributed by atoms with Crippen LogP contribution in [0.3, 0.4) is 0 Å². The highest BCUT2D eigenvalue weighted by Crippen LogP contribution is 2.14. The van der Waals surface area contributed by atoms with Crippen LogP contribution in [0, 0.1) is 5.82 Å². The zero-order valence-electron chi connectivity index (χ0n) is 6.46. The molecule has 0 fully saturated rings. The van der Waals surface area contributed by atoms with Gasteiger partial charge in [0.05, 0.1) is 0 Å². The molecule has 0 heterocycles. The molecule has 0 saturated heterocycles. The Labute approximate surface area is 83.4 Å². The largest absolute Gasteiger partial charge is 0.303 e. The molecule has 0 atom stereocenters. The van der Waals surface area contributed by atoms with Crippen LogP contribution in [0.5, 0.6) is 0 Å². The number of thiol groups is 1. The molecule has 0 aliphatic heterocycles. The lowest BCUT2D eigenvalue weighted by molar-refractivity contribution is -0.107. The summed E-state index contributed by atoms with van der Waals surface area (Å²) in [6, 6.07) is 4.72. The van der Waals surface area contributed by atoms with Crippen LogP contribution in [0.2, 0.25) is 0 Å². The number of rotatable bonds is 3. The SMILES string of the molecule is C.O=CCCc1ccc(S)cc1F. The Bertz CT molecular complexity index is 286. The van der Waals surface area contributed by atoms with Crippen LogP contribution in [0.25, 0.3) is 0 Å². The molecule has 1 rings (SSSR count). The molecule has 3 heteroatoms. The minimum absolute atomic E-state index is 0. The van der Waals surface area contributed by atoms with E-state index in [4.69, 9.17) is 0 Å². The van der Waals surface area contributed by atoms with Gasteiger partial charge in [0.2, 0.25) is 0 Å². The average molecular weight is 200 g/mol. The molecular formula is C10H13FOS. The van der Waals surface area contributed by atoms with E-state index in [2.05, 4.69) is 12.6 Å². The fraction of sp³-hybridized carbons (Fsp3) is 0.300. The van der Waals surface area contributed by atoms with E-state index in [0.29, 0.717) is 23.3 Å². The van der Waals surface area contributed by atoms with E-state index in [9.17, 15) is 9.18 Å². The van der Waals surface area contributed by atoms with E-state index in [-0.39, 0.29) is 13.2 Å². The summed E-state index contributed by atoms with van der Waals surface area (Å²) in [5.41, 5.74) is 0.569. The van der Waals surface area contributed by atoms with E-state index in [0.717, 1.165) is 6.29 Å². The van der Waals surface area contributed by atoms with Gasteiger partial charge in [-0.05, 0) is 24.1 Å². The second-order valence-corrected chi connectivity index (χ2v) is 3.00. The highest BCUT2D eigenvalue weighted by molar-refractivity contribution is 7.80. The third-order valence-electron chi connectivity index (χ3n) is 1.57. The molecule has 1 nitrogen and oxygen atoms in total. The molecule has 1 aromatic carbocycles. The first-order valence-corrected chi connectivity index (χ1v) is 4.10. The van der Waals surface area contributed by atoms with E-state index in [1.807, 2.05) is 0 Å². The molecule has 0 aliphatic carbocycles. The fourth-order valence-electron chi connectivity index (χ4n) is 0.953. The molecule has 0 unspecified atom stereocenters. The summed E-state index contributed by atoms with van der Waals surface area (Å²) in [6.07, 6.45) is 1.61. The Balaban J connectivity index is 0.00000144. The van der Waals surface area contributed by atoms with Gasteiger partial charge in [-0.25, -0.2) is 4.39 Å². The molecule has 72 valence electrons. The van der Waals surface area contributed by atoms with Crippen molar-refractivity contribution in [2.45, 2.75) is 25.2 Å². The van der Waals surface area contributed by atoms with E-state index in [1.165, 1.54) is 6.07 Å². The van der Waals surface area contributed by atoms with Gasteiger partial charge >= 0.3 is 0 Å². The number of hydrogen-bond acceptors (Lipinski definition) is 2. The number of aryl methyl sites for hydroxylation is 1. The van der Waals surface area contributed by atoms with Gasteiger partial charge in [0.15, 0.2) is 0 Å². The molecule has 0 spiro atoms. The highest BCUT2D eigenvalue weighted by atomic mass is 32.1. The molecule has 0 amide bonds. The molecule has 0 bridgehead atoms. The first-order valence-electron chi connectivity index (χ1n) is 3.65. The van der Waals surface area contributed by atoms with Crippen molar-refractivity contribution in [3.8, 4) is 0 Å². The summed E-state index contributed by atoms with van der Waals surface area (Å²) in [5, 5.41) is 0. The summed E-state index contributed by atoms with van der Waals surface area (Å²) in [6.45, 7) is 0. The van der Waals surface area contributed by atoms with Crippen LogP contribution in [-0.2, 0) is 11.2 Å². The number of hydrogen-bond donors (Lipinski definition) is 1. The lowest BCUT2D eigenvalue weighted by atomic mass is 10.1. The van der Waals surface area contributed by atoms with E-state index >= 15 is 0 Å². The second-order valence-electron chi connectivity index (χ2n) is 2.48. The average Bonchev–Trinajstić information content (AvgIpc) is 2.03. The molecular weight excluding hydrogens is 187 g/mol. The van der Waals surface area contributed by atoms with Crippen LogP contribution >= 0.6 is 12.6 Å². The first kappa shape index (κ1) is 12.2. The van der Waals surface area contributed by atoms with Crippen molar-refractivity contribution in [2.75, 3.05) is 0 Å². The summed E-state index contributed by atoms with van der Waals surface area (Å²) >= 11 is 3.98. The quantitative estimate of drug-likeness (QED) is 0.586. The Morgan fingerprint density at radius 2 is 2.15 bits per heavy atom. The number of carbonyl (C=O) groups is 1. The predicted octanol–water partition coefficient (Wildman–Crippen LogP) is 2.88. The summed E-state index contributed by atoms with van der Waals surface area (Å²) in [5.74, 6) is -0.288. The van der Waals surface area contributed by atoms with Crippen molar-refractivity contribution in [3.05, 3.63) is 29.6 Å². The molecule has 0 aliphatic rings. The van der Waals surface area contributed by atoms with Gasteiger partial charge in [-0.15, -0.1) is 12.6 Å². The summed E-state index contributed by atoms with van der Waals surface area (Å²) < 4.78 is 13.0. The molecule has 1 aromatic rings. The topological polar surface area (TPSA) is 17.1 Å². The highest BCUT2D eigenvalue weighted by Gasteiger charge is 2.00. The van der Waals surface area contributed by atoms with Crippen LogP contribution in [0.4, 0.5) is 4.39 Å². The Hall–Kier alpha value is -0.830. The second kappa shape index (κ2) is 5.75. The molecule has 0 saturated carbocycles. The number of aldehydes is 1. The van der Waals surface area contributed by atoms with Gasteiger partial charge in [-0.1, -0.05) is 13.5 Å². The zero-order chi connectivity index (χ0) is 8.97. The van der Waals surface area contributed by atoms with Crippen LogP contribution in [0.1, 0.15) is 19.4 Å². The smallest absolute Gasteiger partial charge is 0.127 e. The van der Waals surface area contributed by atoms with Gasteiger partial charge in [0.1, 0.15) is 12.1 Å². The fourth-order valence-corrected chi connectivity index (χ4v) is 1.14. The van der Waals surface area contributed by atoms with Crippen LogP contribution < -0.4 is 0 Å². The van der Waals surface area contributed by atoms with Gasteiger partial charge in [0, 0.05) is 11.3 Å². The predicted molar refractivity (Wildman–Crippen MR) is 54.8 cm³/mol. The maximum Gasteiger partial charge on any atom is 0.127 e. The number of benzene rings is 1. The first-order chi connectivity index (χ1) is 5.74. The third kappa shape index (κ3) is 3.59. The van der Waals surface area contributed by atoms with Crippen molar-refractivity contribution in [2.24, 2.45) is 0 Å². The van der Waals surface area contributed by atoms with Crippen molar-refractivity contribution in [3.63, 3.8) is 0 Å². The third-order valence-corrected chi connectivity index (χ3v) is 1.85. The molecule has 13 heavy (non-hydrogen) atoms. The monoisotopic (exact) mass is 200 g/mol. The Kier molecular flexibility index (Phi) is 5.39. The standard InChI is InChI=1S/C9H9FOS.CH4/c10-9-6-8(12)4-3-7(9)2-1-5-11;/h3-6,12H,1-2H2;1H4.